The van der Waals surface area contributed by atoms with Crippen LogP contribution in [0.4, 0.5) is 0 Å². The summed E-state index contributed by atoms with van der Waals surface area (Å²) < 4.78 is 1.76. The Morgan fingerprint density at radius 2 is 2.14 bits per heavy atom. The molecule has 1 amide bonds. The number of aryl methyl sites for hydroxylation is 3. The number of rotatable bonds is 6. The molecule has 0 aliphatic carbocycles. The molecule has 1 atom stereocenters. The first-order valence-electron chi connectivity index (χ1n) is 7.36. The maximum Gasteiger partial charge on any atom is 0.220 e. The minimum Gasteiger partial charge on any atom is -0.353 e. The summed E-state index contributed by atoms with van der Waals surface area (Å²) in [4.78, 5) is 12.0. The molecule has 4 nitrogen and oxygen atoms in total. The predicted molar refractivity (Wildman–Crippen MR) is 84.0 cm³/mol. The fourth-order valence-corrected chi connectivity index (χ4v) is 2.43. The number of hydrogen-bond donors (Lipinski definition) is 1. The molecule has 2 rings (SSSR count). The van der Waals surface area contributed by atoms with Crippen LogP contribution in [0.1, 0.15) is 30.0 Å². The van der Waals surface area contributed by atoms with E-state index in [2.05, 4.69) is 36.4 Å². The Morgan fingerprint density at radius 3 is 2.81 bits per heavy atom. The molecule has 1 aromatic carbocycles. The van der Waals surface area contributed by atoms with Crippen LogP contribution in [0.2, 0.25) is 0 Å². The van der Waals surface area contributed by atoms with Crippen LogP contribution in [0.3, 0.4) is 0 Å². The van der Waals surface area contributed by atoms with Gasteiger partial charge in [-0.25, -0.2) is 0 Å². The van der Waals surface area contributed by atoms with Crippen LogP contribution >= 0.6 is 0 Å². The third-order valence-electron chi connectivity index (χ3n) is 3.59. The zero-order chi connectivity index (χ0) is 15.2. The van der Waals surface area contributed by atoms with E-state index < -0.39 is 0 Å². The maximum atomic E-state index is 12.0. The predicted octanol–water partition coefficient (Wildman–Crippen LogP) is 2.41. The Hall–Kier alpha value is -2.10. The van der Waals surface area contributed by atoms with Gasteiger partial charge in [0.25, 0.3) is 0 Å². The van der Waals surface area contributed by atoms with Gasteiger partial charge in [-0.05, 0) is 43.4 Å². The van der Waals surface area contributed by atoms with Crippen molar-refractivity contribution in [3.05, 3.63) is 53.3 Å². The second-order valence-corrected chi connectivity index (χ2v) is 5.62. The molecule has 0 radical (unpaired) electrons. The molecule has 1 N–H and O–H groups in total. The highest BCUT2D eigenvalue weighted by Crippen LogP contribution is 2.10. The lowest BCUT2D eigenvalue weighted by Crippen LogP contribution is -2.34. The molecular weight excluding hydrogens is 262 g/mol. The third kappa shape index (κ3) is 4.74. The van der Waals surface area contributed by atoms with Crippen LogP contribution in [0, 0.1) is 6.92 Å². The zero-order valence-corrected chi connectivity index (χ0v) is 13.0. The second kappa shape index (κ2) is 7.07. The highest BCUT2D eigenvalue weighted by atomic mass is 16.1. The van der Waals surface area contributed by atoms with Crippen LogP contribution in [-0.4, -0.2) is 21.7 Å². The summed E-state index contributed by atoms with van der Waals surface area (Å²) in [7, 11) is 1.88. The second-order valence-electron chi connectivity index (χ2n) is 5.62. The van der Waals surface area contributed by atoms with E-state index in [1.165, 1.54) is 11.1 Å². The minimum atomic E-state index is 0.0972. The first kappa shape index (κ1) is 15.3. The molecule has 1 heterocycles. The van der Waals surface area contributed by atoms with Gasteiger partial charge in [0.1, 0.15) is 0 Å². The number of benzene rings is 1. The maximum absolute atomic E-state index is 12.0. The van der Waals surface area contributed by atoms with Crippen LogP contribution in [0.25, 0.3) is 0 Å². The topological polar surface area (TPSA) is 46.9 Å². The lowest BCUT2D eigenvalue weighted by Gasteiger charge is -2.15. The van der Waals surface area contributed by atoms with Gasteiger partial charge < -0.3 is 5.32 Å². The standard InChI is InChI=1S/C17H23N3O/c1-13-6-4-5-7-16(13)10-14(2)19-17(21)9-8-15-11-18-20(3)12-15/h4-7,11-12,14H,8-10H2,1-3H3,(H,19,21). The normalized spacial score (nSPS) is 12.1. The van der Waals surface area contributed by atoms with Gasteiger partial charge in [0.2, 0.25) is 5.91 Å². The number of hydrogen-bond acceptors (Lipinski definition) is 2. The van der Waals surface area contributed by atoms with Crippen LogP contribution < -0.4 is 5.32 Å². The number of carbonyl (C=O) groups excluding carboxylic acids is 1. The molecule has 21 heavy (non-hydrogen) atoms. The zero-order valence-electron chi connectivity index (χ0n) is 13.0. The highest BCUT2D eigenvalue weighted by molar-refractivity contribution is 5.76. The first-order valence-corrected chi connectivity index (χ1v) is 7.36. The number of nitrogens with one attached hydrogen (secondary N) is 1. The van der Waals surface area contributed by atoms with E-state index in [1.54, 1.807) is 4.68 Å². The van der Waals surface area contributed by atoms with Crippen LogP contribution in [0.15, 0.2) is 36.7 Å². The van der Waals surface area contributed by atoms with Crippen molar-refractivity contribution in [1.82, 2.24) is 15.1 Å². The van der Waals surface area contributed by atoms with Crippen molar-refractivity contribution in [2.75, 3.05) is 0 Å². The van der Waals surface area contributed by atoms with Crippen molar-refractivity contribution < 1.29 is 4.79 Å². The molecule has 0 aliphatic heterocycles. The summed E-state index contributed by atoms with van der Waals surface area (Å²) in [5.74, 6) is 0.0972. The highest BCUT2D eigenvalue weighted by Gasteiger charge is 2.10. The quantitative estimate of drug-likeness (QED) is 0.886. The largest absolute Gasteiger partial charge is 0.353 e. The number of amides is 1. The fraction of sp³-hybridized carbons (Fsp3) is 0.412. The molecular formula is C17H23N3O. The van der Waals surface area contributed by atoms with Crippen LogP contribution in [0.5, 0.6) is 0 Å². The van der Waals surface area contributed by atoms with E-state index in [1.807, 2.05) is 31.6 Å². The minimum absolute atomic E-state index is 0.0972. The van der Waals surface area contributed by atoms with Crippen molar-refractivity contribution in [2.24, 2.45) is 7.05 Å². The van der Waals surface area contributed by atoms with E-state index in [-0.39, 0.29) is 11.9 Å². The van der Waals surface area contributed by atoms with E-state index in [0.29, 0.717) is 6.42 Å². The number of aromatic nitrogens is 2. The average molecular weight is 285 g/mol. The molecule has 0 fully saturated rings. The Balaban J connectivity index is 1.78. The Labute approximate surface area is 126 Å². The summed E-state index contributed by atoms with van der Waals surface area (Å²) in [5.41, 5.74) is 3.66. The fourth-order valence-electron chi connectivity index (χ4n) is 2.43. The average Bonchev–Trinajstić information content (AvgIpc) is 2.85. The molecule has 1 unspecified atom stereocenters. The molecule has 0 bridgehead atoms. The van der Waals surface area contributed by atoms with Crippen molar-refractivity contribution in [2.45, 2.75) is 39.2 Å². The summed E-state index contributed by atoms with van der Waals surface area (Å²) in [5, 5.41) is 7.17. The molecule has 0 aliphatic rings. The van der Waals surface area contributed by atoms with Gasteiger partial charge in [0.05, 0.1) is 6.20 Å². The van der Waals surface area contributed by atoms with Crippen molar-refractivity contribution in [3.8, 4) is 0 Å². The van der Waals surface area contributed by atoms with Gasteiger partial charge in [-0.3, -0.25) is 9.48 Å². The lowest BCUT2D eigenvalue weighted by atomic mass is 10.0. The smallest absolute Gasteiger partial charge is 0.220 e. The summed E-state index contributed by atoms with van der Waals surface area (Å²) in [6.07, 6.45) is 5.86. The van der Waals surface area contributed by atoms with E-state index in [0.717, 1.165) is 18.4 Å². The number of nitrogens with zero attached hydrogens (tertiary/aromatic N) is 2. The van der Waals surface area contributed by atoms with Gasteiger partial charge in [-0.15, -0.1) is 0 Å². The molecule has 4 heteroatoms. The Bertz CT molecular complexity index is 604. The van der Waals surface area contributed by atoms with E-state index in [4.69, 9.17) is 0 Å². The monoisotopic (exact) mass is 285 g/mol. The van der Waals surface area contributed by atoms with Crippen molar-refractivity contribution in [1.29, 1.82) is 0 Å². The van der Waals surface area contributed by atoms with E-state index >= 15 is 0 Å². The van der Waals surface area contributed by atoms with Gasteiger partial charge in [0, 0.05) is 25.7 Å². The van der Waals surface area contributed by atoms with Crippen molar-refractivity contribution in [3.63, 3.8) is 0 Å². The molecule has 1 aromatic heterocycles. The van der Waals surface area contributed by atoms with Gasteiger partial charge in [-0.2, -0.15) is 5.10 Å². The lowest BCUT2D eigenvalue weighted by molar-refractivity contribution is -0.121. The SMILES string of the molecule is Cc1ccccc1CC(C)NC(=O)CCc1cnn(C)c1. The van der Waals surface area contributed by atoms with Gasteiger partial charge in [0.15, 0.2) is 0 Å². The molecule has 112 valence electrons. The summed E-state index contributed by atoms with van der Waals surface area (Å²) in [6, 6.07) is 8.45. The van der Waals surface area contributed by atoms with Crippen LogP contribution in [-0.2, 0) is 24.7 Å². The summed E-state index contributed by atoms with van der Waals surface area (Å²) >= 11 is 0. The molecule has 2 aromatic rings. The Kier molecular flexibility index (Phi) is 5.14. The first-order chi connectivity index (χ1) is 10.0. The van der Waals surface area contributed by atoms with Gasteiger partial charge >= 0.3 is 0 Å². The van der Waals surface area contributed by atoms with E-state index in [9.17, 15) is 4.79 Å². The molecule has 0 saturated heterocycles. The molecule has 0 saturated carbocycles. The summed E-state index contributed by atoms with van der Waals surface area (Å²) in [6.45, 7) is 4.15. The third-order valence-corrected chi connectivity index (χ3v) is 3.59. The van der Waals surface area contributed by atoms with Gasteiger partial charge in [-0.1, -0.05) is 24.3 Å². The number of carbonyl (C=O) groups is 1. The van der Waals surface area contributed by atoms with Crippen molar-refractivity contribution >= 4 is 5.91 Å². The molecule has 0 spiro atoms. The Morgan fingerprint density at radius 1 is 1.38 bits per heavy atom.